The van der Waals surface area contributed by atoms with Gasteiger partial charge in [-0.3, -0.25) is 0 Å². The minimum atomic E-state index is 0.448. The third kappa shape index (κ3) is 5.95. The van der Waals surface area contributed by atoms with Crippen LogP contribution in [0.5, 0.6) is 0 Å². The van der Waals surface area contributed by atoms with E-state index in [4.69, 9.17) is 0 Å². The SMILES string of the molecule is CCCC1C/C=C/Cc2cc(c(C)cc2C)Cc2cc(c(C)cc2C)C(CCC)c2cc1c(C)cc2C. The molecule has 0 N–H and O–H groups in total. The van der Waals surface area contributed by atoms with Crippen molar-refractivity contribution >= 4 is 0 Å². The monoisotopic (exact) mass is 492 g/mol. The standard InChI is InChI=1S/C37H48/c1-9-13-30-15-11-12-16-31-20-32(25(4)17-24(31)3)21-33-22-36(28(7)18-26(33)5)34(14-10-2)37-23-35(30)27(6)19-29(37)8/h11-12,17-20,22-23,30,34H,9-10,13-16,21H2,1-8H3/b12-11+. The molecule has 0 heterocycles. The molecule has 0 heteroatoms. The average Bonchev–Trinajstić information content (AvgIpc) is 2.84. The number of allylic oxidation sites excluding steroid dienone is 2. The second-order valence-corrected chi connectivity index (χ2v) is 11.8. The Hall–Kier alpha value is -2.60. The maximum Gasteiger partial charge on any atom is 0.00946 e. The molecular weight excluding hydrogens is 444 g/mol. The Morgan fingerprint density at radius 1 is 0.541 bits per heavy atom. The number of benzene rings is 3. The first-order chi connectivity index (χ1) is 17.7. The first-order valence-corrected chi connectivity index (χ1v) is 14.7. The van der Waals surface area contributed by atoms with Gasteiger partial charge in [-0.2, -0.15) is 0 Å². The van der Waals surface area contributed by atoms with E-state index in [1.807, 2.05) is 0 Å². The number of fused-ring (bicyclic) bond motifs is 6. The Bertz CT molecular complexity index is 1290. The minimum absolute atomic E-state index is 0.448. The Labute approximate surface area is 227 Å². The molecule has 0 aromatic heterocycles. The Balaban J connectivity index is 1.96. The van der Waals surface area contributed by atoms with Crippen LogP contribution >= 0.6 is 0 Å². The van der Waals surface area contributed by atoms with E-state index in [9.17, 15) is 0 Å². The predicted molar refractivity (Wildman–Crippen MR) is 162 cm³/mol. The second-order valence-electron chi connectivity index (χ2n) is 11.8. The van der Waals surface area contributed by atoms with Crippen LogP contribution in [-0.2, 0) is 12.8 Å². The number of hydrogen-bond acceptors (Lipinski definition) is 0. The highest BCUT2D eigenvalue weighted by Crippen LogP contribution is 2.39. The molecule has 0 radical (unpaired) electrons. The zero-order valence-electron chi connectivity index (χ0n) is 24.7. The van der Waals surface area contributed by atoms with Crippen molar-refractivity contribution in [1.82, 2.24) is 0 Å². The average molecular weight is 493 g/mol. The predicted octanol–water partition coefficient (Wildman–Crippen LogP) is 10.4. The van der Waals surface area contributed by atoms with Crippen LogP contribution in [0.1, 0.15) is 125 Å². The van der Waals surface area contributed by atoms with Crippen LogP contribution in [0.3, 0.4) is 0 Å². The van der Waals surface area contributed by atoms with Gasteiger partial charge in [0.15, 0.2) is 0 Å². The van der Waals surface area contributed by atoms with E-state index in [0.29, 0.717) is 11.8 Å². The molecule has 0 amide bonds. The van der Waals surface area contributed by atoms with Gasteiger partial charge in [0.25, 0.3) is 0 Å². The van der Waals surface area contributed by atoms with E-state index >= 15 is 0 Å². The van der Waals surface area contributed by atoms with E-state index in [2.05, 4.69) is 104 Å². The summed E-state index contributed by atoms with van der Waals surface area (Å²) >= 11 is 0. The molecule has 0 aliphatic heterocycles. The molecule has 3 aromatic carbocycles. The summed E-state index contributed by atoms with van der Waals surface area (Å²) in [5, 5.41) is 0. The van der Waals surface area contributed by atoms with Crippen molar-refractivity contribution in [2.45, 2.75) is 112 Å². The fourth-order valence-corrected chi connectivity index (χ4v) is 6.73. The quantitative estimate of drug-likeness (QED) is 0.318. The van der Waals surface area contributed by atoms with Gasteiger partial charge in [-0.05, 0) is 146 Å². The van der Waals surface area contributed by atoms with Crippen molar-refractivity contribution in [2.24, 2.45) is 0 Å². The Morgan fingerprint density at radius 3 is 1.76 bits per heavy atom. The summed E-state index contributed by atoms with van der Waals surface area (Å²) in [6.07, 6.45) is 12.9. The summed E-state index contributed by atoms with van der Waals surface area (Å²) < 4.78 is 0. The summed E-state index contributed by atoms with van der Waals surface area (Å²) in [7, 11) is 0. The fraction of sp³-hybridized carbons (Fsp3) is 0.459. The molecule has 4 rings (SSSR count). The lowest BCUT2D eigenvalue weighted by Gasteiger charge is -2.27. The molecule has 2 atom stereocenters. The lowest BCUT2D eigenvalue weighted by atomic mass is 9.78. The molecule has 196 valence electrons. The van der Waals surface area contributed by atoms with Crippen molar-refractivity contribution in [2.75, 3.05) is 0 Å². The number of rotatable bonds is 4. The van der Waals surface area contributed by atoms with E-state index in [1.54, 1.807) is 11.1 Å². The van der Waals surface area contributed by atoms with E-state index in [1.165, 1.54) is 81.3 Å². The van der Waals surface area contributed by atoms with Gasteiger partial charge in [-0.25, -0.2) is 0 Å². The van der Waals surface area contributed by atoms with E-state index in [0.717, 1.165) is 19.3 Å². The van der Waals surface area contributed by atoms with Crippen molar-refractivity contribution in [3.8, 4) is 0 Å². The third-order valence-electron chi connectivity index (χ3n) is 8.88. The lowest BCUT2D eigenvalue weighted by Crippen LogP contribution is -2.10. The number of aryl methyl sites for hydroxylation is 6. The molecule has 6 bridgehead atoms. The first kappa shape index (κ1) is 27.4. The zero-order valence-corrected chi connectivity index (χ0v) is 24.7. The highest BCUT2D eigenvalue weighted by Gasteiger charge is 2.22. The van der Waals surface area contributed by atoms with Crippen LogP contribution in [0.15, 0.2) is 48.6 Å². The molecule has 3 aromatic rings. The molecule has 37 heavy (non-hydrogen) atoms. The van der Waals surface area contributed by atoms with E-state index in [-0.39, 0.29) is 0 Å². The van der Waals surface area contributed by atoms with Gasteiger partial charge in [-0.15, -0.1) is 0 Å². The summed E-state index contributed by atoms with van der Waals surface area (Å²) in [5.41, 5.74) is 17.7. The van der Waals surface area contributed by atoms with Crippen LogP contribution in [0.2, 0.25) is 0 Å². The van der Waals surface area contributed by atoms with Crippen molar-refractivity contribution in [3.63, 3.8) is 0 Å². The van der Waals surface area contributed by atoms with Gasteiger partial charge >= 0.3 is 0 Å². The zero-order chi connectivity index (χ0) is 26.7. The van der Waals surface area contributed by atoms with Crippen LogP contribution in [0.4, 0.5) is 0 Å². The van der Waals surface area contributed by atoms with Crippen LogP contribution in [0, 0.1) is 41.5 Å². The maximum absolute atomic E-state index is 2.61. The summed E-state index contributed by atoms with van der Waals surface area (Å²) in [4.78, 5) is 0. The van der Waals surface area contributed by atoms with Crippen molar-refractivity contribution in [1.29, 1.82) is 0 Å². The van der Waals surface area contributed by atoms with Gasteiger partial charge in [0.1, 0.15) is 0 Å². The molecule has 0 fully saturated rings. The minimum Gasteiger partial charge on any atom is -0.0876 e. The van der Waals surface area contributed by atoms with Crippen molar-refractivity contribution in [3.05, 3.63) is 115 Å². The molecule has 1 aliphatic carbocycles. The maximum atomic E-state index is 2.61. The lowest BCUT2D eigenvalue weighted by molar-refractivity contribution is 0.613. The summed E-state index contributed by atoms with van der Waals surface area (Å²) in [6.45, 7) is 18.5. The second kappa shape index (κ2) is 11.8. The topological polar surface area (TPSA) is 0 Å². The number of hydrogen-bond donors (Lipinski definition) is 0. The van der Waals surface area contributed by atoms with Gasteiger partial charge in [0.2, 0.25) is 0 Å². The largest absolute Gasteiger partial charge is 0.0876 e. The molecule has 0 saturated heterocycles. The van der Waals surface area contributed by atoms with Crippen molar-refractivity contribution < 1.29 is 0 Å². The summed E-state index contributed by atoms with van der Waals surface area (Å²) in [6, 6.07) is 15.0. The highest BCUT2D eigenvalue weighted by molar-refractivity contribution is 5.50. The van der Waals surface area contributed by atoms with Gasteiger partial charge in [0.05, 0.1) is 0 Å². The molecular formula is C37H48. The van der Waals surface area contributed by atoms with Gasteiger partial charge in [0, 0.05) is 5.92 Å². The molecule has 0 saturated carbocycles. The normalized spacial score (nSPS) is 18.6. The third-order valence-corrected chi connectivity index (χ3v) is 8.88. The van der Waals surface area contributed by atoms with Crippen LogP contribution in [-0.4, -0.2) is 0 Å². The molecule has 1 aliphatic rings. The molecule has 2 unspecified atom stereocenters. The van der Waals surface area contributed by atoms with Crippen LogP contribution < -0.4 is 0 Å². The smallest absolute Gasteiger partial charge is 0.00946 e. The fourth-order valence-electron chi connectivity index (χ4n) is 6.73. The Morgan fingerprint density at radius 2 is 1.08 bits per heavy atom. The molecule has 0 spiro atoms. The highest BCUT2D eigenvalue weighted by atomic mass is 14.3. The summed E-state index contributed by atoms with van der Waals surface area (Å²) in [5.74, 6) is 1.03. The Kier molecular flexibility index (Phi) is 8.79. The first-order valence-electron chi connectivity index (χ1n) is 14.7. The van der Waals surface area contributed by atoms with Gasteiger partial charge in [-0.1, -0.05) is 75.2 Å². The van der Waals surface area contributed by atoms with Gasteiger partial charge < -0.3 is 0 Å². The van der Waals surface area contributed by atoms with E-state index < -0.39 is 0 Å². The molecule has 0 nitrogen and oxygen atoms in total. The van der Waals surface area contributed by atoms with Crippen LogP contribution in [0.25, 0.3) is 0 Å².